The highest BCUT2D eigenvalue weighted by Crippen LogP contribution is 2.23. The van der Waals surface area contributed by atoms with E-state index in [1.54, 1.807) is 24.3 Å². The molecule has 1 N–H and O–H groups in total. The monoisotopic (exact) mass is 375 g/mol. The molecule has 3 aromatic rings. The van der Waals surface area contributed by atoms with Crippen molar-refractivity contribution in [1.29, 1.82) is 0 Å². The maximum Gasteiger partial charge on any atom is 0.250 e. The van der Waals surface area contributed by atoms with E-state index >= 15 is 0 Å². The molecule has 1 aromatic carbocycles. The van der Waals surface area contributed by atoms with Crippen molar-refractivity contribution in [3.63, 3.8) is 0 Å². The number of amides is 1. The topological polar surface area (TPSA) is 85.3 Å². The summed E-state index contributed by atoms with van der Waals surface area (Å²) in [5.74, 6) is 1.19. The number of thioether (sulfide) groups is 1. The summed E-state index contributed by atoms with van der Waals surface area (Å²) in [6.07, 6.45) is 2.97. The van der Waals surface area contributed by atoms with Gasteiger partial charge in [0.1, 0.15) is 5.76 Å². The Kier molecular flexibility index (Phi) is 5.52. The summed E-state index contributed by atoms with van der Waals surface area (Å²) < 4.78 is 6.90. The Balaban J connectivity index is 1.56. The van der Waals surface area contributed by atoms with Crippen molar-refractivity contribution in [2.24, 2.45) is 12.1 Å². The highest BCUT2D eigenvalue weighted by Gasteiger charge is 2.12. The van der Waals surface area contributed by atoms with Crippen LogP contribution in [0.4, 0.5) is 0 Å². The fourth-order valence-corrected chi connectivity index (χ4v) is 2.82. The third-order valence-electron chi connectivity index (χ3n) is 3.19. The predicted molar refractivity (Wildman–Crippen MR) is 96.6 cm³/mol. The molecule has 0 unspecified atom stereocenters. The van der Waals surface area contributed by atoms with Crippen LogP contribution in [0.5, 0.6) is 0 Å². The Morgan fingerprint density at radius 2 is 2.16 bits per heavy atom. The molecular weight excluding hydrogens is 362 g/mol. The van der Waals surface area contributed by atoms with Crippen molar-refractivity contribution >= 4 is 35.5 Å². The zero-order valence-corrected chi connectivity index (χ0v) is 14.8. The van der Waals surface area contributed by atoms with Gasteiger partial charge in [-0.05, 0) is 36.4 Å². The van der Waals surface area contributed by atoms with Crippen LogP contribution >= 0.6 is 23.4 Å². The summed E-state index contributed by atoms with van der Waals surface area (Å²) in [4.78, 5) is 11.8. The van der Waals surface area contributed by atoms with Crippen LogP contribution < -0.4 is 5.43 Å². The smallest absolute Gasteiger partial charge is 0.250 e. The number of hydrogen-bond donors (Lipinski definition) is 1. The van der Waals surface area contributed by atoms with Crippen LogP contribution in [0.15, 0.2) is 57.3 Å². The number of nitrogens with one attached hydrogen (secondary N) is 1. The van der Waals surface area contributed by atoms with E-state index in [2.05, 4.69) is 20.7 Å². The number of hydrogen-bond acceptors (Lipinski definition) is 6. The predicted octanol–water partition coefficient (Wildman–Crippen LogP) is 2.97. The lowest BCUT2D eigenvalue weighted by Gasteiger charge is -2.03. The van der Waals surface area contributed by atoms with Crippen LogP contribution in [0.1, 0.15) is 5.76 Å². The number of aromatic nitrogens is 3. The number of carbonyl (C=O) groups excluding carboxylic acids is 1. The summed E-state index contributed by atoms with van der Waals surface area (Å²) >= 11 is 7.17. The van der Waals surface area contributed by atoms with Gasteiger partial charge in [0, 0.05) is 17.6 Å². The number of benzene rings is 1. The first kappa shape index (κ1) is 17.2. The quantitative estimate of drug-likeness (QED) is 0.406. The second-order valence-electron chi connectivity index (χ2n) is 4.97. The molecule has 1 amide bonds. The van der Waals surface area contributed by atoms with Crippen LogP contribution in [0.3, 0.4) is 0 Å². The number of halogens is 1. The Bertz CT molecular complexity index is 875. The molecule has 2 aromatic heterocycles. The summed E-state index contributed by atoms with van der Waals surface area (Å²) in [6, 6.07) is 10.8. The first-order valence-corrected chi connectivity index (χ1v) is 8.63. The van der Waals surface area contributed by atoms with Gasteiger partial charge in [0.15, 0.2) is 11.0 Å². The summed E-state index contributed by atoms with van der Waals surface area (Å²) in [7, 11) is 1.85. The van der Waals surface area contributed by atoms with Crippen molar-refractivity contribution < 1.29 is 9.21 Å². The first-order chi connectivity index (χ1) is 12.1. The molecule has 9 heteroatoms. The molecule has 0 radical (unpaired) electrons. The van der Waals surface area contributed by atoms with Gasteiger partial charge in [-0.1, -0.05) is 23.4 Å². The van der Waals surface area contributed by atoms with Crippen molar-refractivity contribution in [3.05, 3.63) is 53.4 Å². The number of hydrazone groups is 1. The second kappa shape index (κ2) is 8.00. The third kappa shape index (κ3) is 4.49. The fraction of sp³-hybridized carbons (Fsp3) is 0.125. The van der Waals surface area contributed by atoms with E-state index in [9.17, 15) is 4.79 Å². The molecule has 0 bridgehead atoms. The molecule has 0 spiro atoms. The highest BCUT2D eigenvalue weighted by molar-refractivity contribution is 7.99. The summed E-state index contributed by atoms with van der Waals surface area (Å²) in [5.41, 5.74) is 3.33. The van der Waals surface area contributed by atoms with Crippen molar-refractivity contribution in [1.82, 2.24) is 20.2 Å². The SMILES string of the molecule is Cn1c(SCC(=O)NN=Cc2ccco2)nnc1-c1ccc(Cl)cc1. The van der Waals surface area contributed by atoms with E-state index in [1.807, 2.05) is 23.7 Å². The van der Waals surface area contributed by atoms with Gasteiger partial charge in [-0.15, -0.1) is 10.2 Å². The lowest BCUT2D eigenvalue weighted by atomic mass is 10.2. The Morgan fingerprint density at radius 1 is 1.36 bits per heavy atom. The Morgan fingerprint density at radius 3 is 2.88 bits per heavy atom. The van der Waals surface area contributed by atoms with E-state index in [4.69, 9.17) is 16.0 Å². The van der Waals surface area contributed by atoms with Crippen molar-refractivity contribution in [3.8, 4) is 11.4 Å². The minimum Gasteiger partial charge on any atom is -0.463 e. The van der Waals surface area contributed by atoms with Gasteiger partial charge < -0.3 is 8.98 Å². The van der Waals surface area contributed by atoms with Crippen molar-refractivity contribution in [2.75, 3.05) is 5.75 Å². The summed E-state index contributed by atoms with van der Waals surface area (Å²) in [5, 5.41) is 13.4. The van der Waals surface area contributed by atoms with Gasteiger partial charge in [-0.25, -0.2) is 5.43 Å². The van der Waals surface area contributed by atoms with E-state index in [0.29, 0.717) is 21.8 Å². The first-order valence-electron chi connectivity index (χ1n) is 7.27. The molecular formula is C16H14ClN5O2S. The second-order valence-corrected chi connectivity index (χ2v) is 6.35. The number of rotatable bonds is 6. The standard InChI is InChI=1S/C16H14ClN5O2S/c1-22-15(11-4-6-12(17)7-5-11)20-21-16(22)25-10-14(23)19-18-9-13-3-2-8-24-13/h2-9H,10H2,1H3,(H,19,23). The van der Waals surface area contributed by atoms with Gasteiger partial charge in [-0.3, -0.25) is 4.79 Å². The third-order valence-corrected chi connectivity index (χ3v) is 4.47. The van der Waals surface area contributed by atoms with Gasteiger partial charge in [0.25, 0.3) is 5.91 Å². The Labute approximate surface area is 153 Å². The number of nitrogens with zero attached hydrogens (tertiary/aromatic N) is 4. The molecule has 0 saturated heterocycles. The molecule has 0 saturated carbocycles. The molecule has 128 valence electrons. The molecule has 25 heavy (non-hydrogen) atoms. The zero-order valence-electron chi connectivity index (χ0n) is 13.2. The maximum atomic E-state index is 11.8. The van der Waals surface area contributed by atoms with Crippen LogP contribution in [-0.2, 0) is 11.8 Å². The number of carbonyl (C=O) groups is 1. The van der Waals surface area contributed by atoms with E-state index in [0.717, 1.165) is 5.56 Å². The summed E-state index contributed by atoms with van der Waals surface area (Å²) in [6.45, 7) is 0. The molecule has 0 aliphatic heterocycles. The molecule has 7 nitrogen and oxygen atoms in total. The van der Waals surface area contributed by atoms with E-state index in [-0.39, 0.29) is 11.7 Å². The van der Waals surface area contributed by atoms with Gasteiger partial charge >= 0.3 is 0 Å². The van der Waals surface area contributed by atoms with Crippen LogP contribution in [-0.4, -0.2) is 32.6 Å². The van der Waals surface area contributed by atoms with Crippen LogP contribution in [0, 0.1) is 0 Å². The molecule has 3 rings (SSSR count). The highest BCUT2D eigenvalue weighted by atomic mass is 35.5. The van der Waals surface area contributed by atoms with Gasteiger partial charge in [0.05, 0.1) is 18.2 Å². The normalized spacial score (nSPS) is 11.1. The minimum atomic E-state index is -0.246. The average molecular weight is 376 g/mol. The lowest BCUT2D eigenvalue weighted by molar-refractivity contribution is -0.118. The molecule has 0 aliphatic carbocycles. The zero-order chi connectivity index (χ0) is 17.6. The number of furan rings is 1. The van der Waals surface area contributed by atoms with E-state index in [1.165, 1.54) is 24.2 Å². The molecule has 0 atom stereocenters. The molecule has 2 heterocycles. The van der Waals surface area contributed by atoms with Crippen LogP contribution in [0.25, 0.3) is 11.4 Å². The Hall–Kier alpha value is -2.58. The van der Waals surface area contributed by atoms with Gasteiger partial charge in [-0.2, -0.15) is 5.10 Å². The van der Waals surface area contributed by atoms with Crippen LogP contribution in [0.2, 0.25) is 5.02 Å². The minimum absolute atomic E-state index is 0.169. The van der Waals surface area contributed by atoms with E-state index < -0.39 is 0 Å². The average Bonchev–Trinajstić information content (AvgIpc) is 3.24. The molecule has 0 fully saturated rings. The fourth-order valence-electron chi connectivity index (χ4n) is 1.99. The maximum absolute atomic E-state index is 11.8. The molecule has 0 aliphatic rings. The van der Waals surface area contributed by atoms with Crippen molar-refractivity contribution in [2.45, 2.75) is 5.16 Å². The lowest BCUT2D eigenvalue weighted by Crippen LogP contribution is -2.19. The van der Waals surface area contributed by atoms with Gasteiger partial charge in [0.2, 0.25) is 0 Å². The largest absolute Gasteiger partial charge is 0.463 e.